The Morgan fingerprint density at radius 3 is 2.61 bits per heavy atom. The maximum absolute atomic E-state index is 6.01. The topological polar surface area (TPSA) is 38.0 Å². The maximum atomic E-state index is 6.01. The van der Waals surface area contributed by atoms with E-state index in [4.69, 9.17) is 5.73 Å². The number of hydrogen-bond acceptors (Lipinski definition) is 2. The summed E-state index contributed by atoms with van der Waals surface area (Å²) in [5.41, 5.74) is 9.55. The lowest BCUT2D eigenvalue weighted by atomic mass is 9.77. The molecule has 1 fully saturated rings. The summed E-state index contributed by atoms with van der Waals surface area (Å²) in [5, 5.41) is 3.55. The van der Waals surface area contributed by atoms with E-state index in [9.17, 15) is 0 Å². The van der Waals surface area contributed by atoms with Crippen molar-refractivity contribution in [2.75, 3.05) is 17.6 Å². The number of anilines is 2. The van der Waals surface area contributed by atoms with Crippen molar-refractivity contribution in [3.63, 3.8) is 0 Å². The first-order chi connectivity index (χ1) is 8.49. The third-order valence-corrected chi connectivity index (χ3v) is 4.40. The molecule has 2 heteroatoms. The van der Waals surface area contributed by atoms with Crippen molar-refractivity contribution in [3.8, 4) is 0 Å². The van der Waals surface area contributed by atoms with Gasteiger partial charge in [0, 0.05) is 6.54 Å². The van der Waals surface area contributed by atoms with Crippen LogP contribution in [0.2, 0.25) is 0 Å². The van der Waals surface area contributed by atoms with Crippen molar-refractivity contribution in [3.05, 3.63) is 23.8 Å². The molecule has 100 valence electrons. The van der Waals surface area contributed by atoms with Gasteiger partial charge in [0.15, 0.2) is 0 Å². The van der Waals surface area contributed by atoms with Crippen molar-refractivity contribution < 1.29 is 0 Å². The molecule has 0 spiro atoms. The second-order valence-corrected chi connectivity index (χ2v) is 6.41. The summed E-state index contributed by atoms with van der Waals surface area (Å²) < 4.78 is 0. The Kier molecular flexibility index (Phi) is 3.84. The van der Waals surface area contributed by atoms with Crippen molar-refractivity contribution >= 4 is 11.4 Å². The van der Waals surface area contributed by atoms with E-state index >= 15 is 0 Å². The SMILES string of the molecule is Cc1ccc(N)c(NCC(C)(C)C2CCCC2)c1. The van der Waals surface area contributed by atoms with Crippen LogP contribution in [-0.4, -0.2) is 6.54 Å². The summed E-state index contributed by atoms with van der Waals surface area (Å²) in [4.78, 5) is 0. The van der Waals surface area contributed by atoms with Gasteiger partial charge in [0.05, 0.1) is 11.4 Å². The molecule has 0 aliphatic heterocycles. The van der Waals surface area contributed by atoms with E-state index in [-0.39, 0.29) is 0 Å². The minimum Gasteiger partial charge on any atom is -0.397 e. The summed E-state index contributed by atoms with van der Waals surface area (Å²) >= 11 is 0. The lowest BCUT2D eigenvalue weighted by Crippen LogP contribution is -2.30. The molecule has 18 heavy (non-hydrogen) atoms. The van der Waals surface area contributed by atoms with Crippen molar-refractivity contribution in [1.82, 2.24) is 0 Å². The molecule has 1 saturated carbocycles. The van der Waals surface area contributed by atoms with Gasteiger partial charge in [-0.05, 0) is 48.8 Å². The highest BCUT2D eigenvalue weighted by atomic mass is 14.9. The Bertz CT molecular complexity index is 404. The fourth-order valence-corrected chi connectivity index (χ4v) is 3.00. The van der Waals surface area contributed by atoms with E-state index in [1.165, 1.54) is 31.2 Å². The normalized spacial score (nSPS) is 17.1. The molecule has 0 heterocycles. The molecular weight excluding hydrogens is 220 g/mol. The average molecular weight is 246 g/mol. The fraction of sp³-hybridized carbons (Fsp3) is 0.625. The van der Waals surface area contributed by atoms with Crippen LogP contribution in [0.4, 0.5) is 11.4 Å². The summed E-state index contributed by atoms with van der Waals surface area (Å²) in [6, 6.07) is 6.18. The van der Waals surface area contributed by atoms with E-state index in [1.807, 2.05) is 6.07 Å². The van der Waals surface area contributed by atoms with E-state index in [0.29, 0.717) is 5.41 Å². The number of nitrogens with one attached hydrogen (secondary N) is 1. The number of hydrogen-bond donors (Lipinski definition) is 2. The highest BCUT2D eigenvalue weighted by Crippen LogP contribution is 2.39. The highest BCUT2D eigenvalue weighted by molar-refractivity contribution is 5.66. The van der Waals surface area contributed by atoms with Crippen LogP contribution in [0.3, 0.4) is 0 Å². The Labute approximate surface area is 111 Å². The molecule has 1 aliphatic carbocycles. The molecule has 0 aromatic heterocycles. The van der Waals surface area contributed by atoms with Crippen LogP contribution in [0.25, 0.3) is 0 Å². The van der Waals surface area contributed by atoms with Crippen LogP contribution in [-0.2, 0) is 0 Å². The predicted octanol–water partition coefficient (Wildman–Crippen LogP) is 4.21. The molecule has 0 saturated heterocycles. The van der Waals surface area contributed by atoms with Gasteiger partial charge in [-0.2, -0.15) is 0 Å². The summed E-state index contributed by atoms with van der Waals surface area (Å²) in [6.07, 6.45) is 5.58. The fourth-order valence-electron chi connectivity index (χ4n) is 3.00. The van der Waals surface area contributed by atoms with Gasteiger partial charge >= 0.3 is 0 Å². The third kappa shape index (κ3) is 2.98. The first kappa shape index (κ1) is 13.3. The number of aryl methyl sites for hydroxylation is 1. The lowest BCUT2D eigenvalue weighted by Gasteiger charge is -2.32. The van der Waals surface area contributed by atoms with Gasteiger partial charge in [0.2, 0.25) is 0 Å². The van der Waals surface area contributed by atoms with Crippen LogP contribution in [0.1, 0.15) is 45.1 Å². The van der Waals surface area contributed by atoms with Gasteiger partial charge in [-0.1, -0.05) is 32.8 Å². The number of nitrogen functional groups attached to an aromatic ring is 1. The first-order valence-electron chi connectivity index (χ1n) is 7.09. The average Bonchev–Trinajstić information content (AvgIpc) is 2.85. The minimum atomic E-state index is 0.354. The second-order valence-electron chi connectivity index (χ2n) is 6.41. The molecule has 0 bridgehead atoms. The van der Waals surface area contributed by atoms with Crippen LogP contribution < -0.4 is 11.1 Å². The van der Waals surface area contributed by atoms with Crippen LogP contribution in [0, 0.1) is 18.3 Å². The van der Waals surface area contributed by atoms with Crippen LogP contribution >= 0.6 is 0 Å². The number of rotatable bonds is 4. The van der Waals surface area contributed by atoms with Gasteiger partial charge in [-0.25, -0.2) is 0 Å². The summed E-state index contributed by atoms with van der Waals surface area (Å²) in [6.45, 7) is 7.86. The molecule has 0 atom stereocenters. The van der Waals surface area contributed by atoms with Gasteiger partial charge in [0.1, 0.15) is 0 Å². The Morgan fingerprint density at radius 2 is 1.94 bits per heavy atom. The molecule has 1 aliphatic rings. The molecule has 2 rings (SSSR count). The zero-order chi connectivity index (χ0) is 13.2. The Balaban J connectivity index is 1.99. The summed E-state index contributed by atoms with van der Waals surface area (Å²) in [7, 11) is 0. The van der Waals surface area contributed by atoms with E-state index in [0.717, 1.165) is 23.8 Å². The van der Waals surface area contributed by atoms with Crippen molar-refractivity contribution in [1.29, 1.82) is 0 Å². The molecule has 2 nitrogen and oxygen atoms in total. The van der Waals surface area contributed by atoms with Crippen LogP contribution in [0.5, 0.6) is 0 Å². The van der Waals surface area contributed by atoms with E-state index in [2.05, 4.69) is 38.2 Å². The molecule has 0 unspecified atom stereocenters. The Morgan fingerprint density at radius 1 is 1.28 bits per heavy atom. The standard InChI is InChI=1S/C16H26N2/c1-12-8-9-14(17)15(10-12)18-11-16(2,3)13-6-4-5-7-13/h8-10,13,18H,4-7,11,17H2,1-3H3. The minimum absolute atomic E-state index is 0.354. The molecule has 1 aromatic carbocycles. The monoisotopic (exact) mass is 246 g/mol. The van der Waals surface area contributed by atoms with Gasteiger partial charge in [-0.15, -0.1) is 0 Å². The van der Waals surface area contributed by atoms with Crippen LogP contribution in [0.15, 0.2) is 18.2 Å². The molecule has 0 amide bonds. The highest BCUT2D eigenvalue weighted by Gasteiger charge is 2.31. The van der Waals surface area contributed by atoms with Crippen molar-refractivity contribution in [2.24, 2.45) is 11.3 Å². The molecule has 0 radical (unpaired) electrons. The number of benzene rings is 1. The third-order valence-electron chi connectivity index (χ3n) is 4.40. The second kappa shape index (κ2) is 5.21. The van der Waals surface area contributed by atoms with Gasteiger partial charge in [-0.3, -0.25) is 0 Å². The summed E-state index contributed by atoms with van der Waals surface area (Å²) in [5.74, 6) is 0.857. The number of nitrogens with two attached hydrogens (primary N) is 1. The lowest BCUT2D eigenvalue weighted by molar-refractivity contribution is 0.234. The quantitative estimate of drug-likeness (QED) is 0.781. The van der Waals surface area contributed by atoms with E-state index in [1.54, 1.807) is 0 Å². The van der Waals surface area contributed by atoms with Crippen molar-refractivity contribution in [2.45, 2.75) is 46.5 Å². The maximum Gasteiger partial charge on any atom is 0.0576 e. The molecule has 1 aromatic rings. The Hall–Kier alpha value is -1.18. The van der Waals surface area contributed by atoms with Gasteiger partial charge < -0.3 is 11.1 Å². The first-order valence-corrected chi connectivity index (χ1v) is 7.09. The molecular formula is C16H26N2. The smallest absolute Gasteiger partial charge is 0.0576 e. The largest absolute Gasteiger partial charge is 0.397 e. The molecule has 3 N–H and O–H groups in total. The zero-order valence-corrected chi connectivity index (χ0v) is 11.9. The van der Waals surface area contributed by atoms with Gasteiger partial charge in [0.25, 0.3) is 0 Å². The van der Waals surface area contributed by atoms with E-state index < -0.39 is 0 Å². The zero-order valence-electron chi connectivity index (χ0n) is 11.9. The predicted molar refractivity (Wildman–Crippen MR) is 79.8 cm³/mol.